The van der Waals surface area contributed by atoms with Crippen molar-refractivity contribution in [3.63, 3.8) is 0 Å². The molecule has 0 saturated heterocycles. The van der Waals surface area contributed by atoms with E-state index >= 15 is 0 Å². The van der Waals surface area contributed by atoms with Crippen LogP contribution in [-0.4, -0.2) is 15.7 Å². The quantitative estimate of drug-likeness (QED) is 0.697. The van der Waals surface area contributed by atoms with Crippen LogP contribution in [0.5, 0.6) is 0 Å². The van der Waals surface area contributed by atoms with Crippen molar-refractivity contribution in [3.05, 3.63) is 36.4 Å². The Kier molecular flexibility index (Phi) is 1.63. The molecule has 0 aliphatic heterocycles. The number of nitrogen functional groups attached to an aromatic ring is 1. The second kappa shape index (κ2) is 2.78. The fraction of sp³-hybridized carbons (Fsp3) is 0. The molecule has 0 aliphatic rings. The summed E-state index contributed by atoms with van der Waals surface area (Å²) in [4.78, 5) is 11.5. The number of anilines is 1. The molecule has 2 aromatic rings. The molecular weight excluding hydrogens is 170 g/mol. The molecule has 0 unspecified atom stereocenters. The Hall–Kier alpha value is -2.04. The van der Waals surface area contributed by atoms with Crippen molar-refractivity contribution >= 4 is 11.7 Å². The topological polar surface area (TPSA) is 74.0 Å². The molecule has 2 N–H and O–H groups in total. The van der Waals surface area contributed by atoms with Crippen molar-refractivity contribution in [2.24, 2.45) is 0 Å². The highest BCUT2D eigenvalue weighted by Gasteiger charge is 2.11. The molecule has 0 radical (unpaired) electrons. The van der Waals surface area contributed by atoms with Crippen LogP contribution in [0.25, 0.3) is 0 Å². The van der Waals surface area contributed by atoms with Crippen molar-refractivity contribution in [1.29, 1.82) is 0 Å². The summed E-state index contributed by atoms with van der Waals surface area (Å²) in [6.07, 6.45) is 4.24. The molecule has 0 aromatic carbocycles. The molecule has 66 valence electrons. The number of aromatic nitrogens is 2. The van der Waals surface area contributed by atoms with Gasteiger partial charge in [0.2, 0.25) is 0 Å². The first kappa shape index (κ1) is 7.60. The predicted octanol–water partition coefficient (Wildman–Crippen LogP) is 0.747. The normalized spacial score (nSPS) is 10.2. The van der Waals surface area contributed by atoms with Crippen LogP contribution in [0.2, 0.25) is 0 Å². The molecule has 13 heavy (non-hydrogen) atoms. The lowest BCUT2D eigenvalue weighted by atomic mass is 10.3. The molecule has 0 bridgehead atoms. The summed E-state index contributed by atoms with van der Waals surface area (Å²) in [6.45, 7) is 0. The Bertz CT molecular complexity index is 416. The number of nitrogens with zero attached hydrogens (tertiary/aromatic N) is 2. The van der Waals surface area contributed by atoms with Gasteiger partial charge in [-0.25, -0.2) is 0 Å². The summed E-state index contributed by atoms with van der Waals surface area (Å²) in [5.74, 6) is 0.0162. The number of rotatable bonds is 1. The van der Waals surface area contributed by atoms with Gasteiger partial charge < -0.3 is 10.2 Å². The Morgan fingerprint density at radius 2 is 2.38 bits per heavy atom. The number of carbonyl (C=O) groups excluding carboxylic acids is 1. The average molecular weight is 177 g/mol. The molecular formula is C8H7N3O2. The third-order valence-corrected chi connectivity index (χ3v) is 1.63. The van der Waals surface area contributed by atoms with E-state index in [0.29, 0.717) is 11.4 Å². The molecule has 0 saturated carbocycles. The Labute approximate surface area is 73.8 Å². The van der Waals surface area contributed by atoms with Crippen LogP contribution < -0.4 is 5.73 Å². The van der Waals surface area contributed by atoms with E-state index in [4.69, 9.17) is 10.2 Å². The maximum absolute atomic E-state index is 11.5. The Morgan fingerprint density at radius 3 is 2.92 bits per heavy atom. The number of hydrogen-bond acceptors (Lipinski definition) is 4. The highest BCUT2D eigenvalue weighted by Crippen LogP contribution is 2.06. The van der Waals surface area contributed by atoms with Crippen LogP contribution >= 0.6 is 0 Å². The zero-order valence-electron chi connectivity index (χ0n) is 6.68. The van der Waals surface area contributed by atoms with E-state index in [9.17, 15) is 4.79 Å². The van der Waals surface area contributed by atoms with Crippen LogP contribution in [0, 0.1) is 0 Å². The SMILES string of the molecule is Nc1ccnn1C(=O)c1ccoc1. The second-order valence-electron chi connectivity index (χ2n) is 2.49. The molecule has 2 heterocycles. The third-order valence-electron chi connectivity index (χ3n) is 1.63. The lowest BCUT2D eigenvalue weighted by Crippen LogP contribution is -2.14. The minimum atomic E-state index is -0.295. The van der Waals surface area contributed by atoms with E-state index < -0.39 is 0 Å². The summed E-state index contributed by atoms with van der Waals surface area (Å²) < 4.78 is 5.89. The standard InChI is InChI=1S/C8H7N3O2/c9-7-1-3-10-11(7)8(12)6-2-4-13-5-6/h1-5H,9H2. The van der Waals surface area contributed by atoms with Gasteiger partial charge >= 0.3 is 0 Å². The van der Waals surface area contributed by atoms with Crippen LogP contribution in [-0.2, 0) is 0 Å². The third kappa shape index (κ3) is 1.20. The van der Waals surface area contributed by atoms with Gasteiger partial charge in [0.15, 0.2) is 0 Å². The molecule has 0 amide bonds. The van der Waals surface area contributed by atoms with Crippen LogP contribution in [0.4, 0.5) is 5.82 Å². The van der Waals surface area contributed by atoms with Crippen molar-refractivity contribution in [2.75, 3.05) is 5.73 Å². The first-order valence-electron chi connectivity index (χ1n) is 3.65. The van der Waals surface area contributed by atoms with E-state index in [1.807, 2.05) is 0 Å². The van der Waals surface area contributed by atoms with Crippen molar-refractivity contribution in [3.8, 4) is 0 Å². The smallest absolute Gasteiger partial charge is 0.283 e. The summed E-state index contributed by atoms with van der Waals surface area (Å²) in [5, 5.41) is 3.77. The van der Waals surface area contributed by atoms with Gasteiger partial charge in [-0.1, -0.05) is 0 Å². The number of furan rings is 1. The molecule has 0 aliphatic carbocycles. The Morgan fingerprint density at radius 1 is 1.54 bits per heavy atom. The van der Waals surface area contributed by atoms with Crippen LogP contribution in [0.3, 0.4) is 0 Å². The lowest BCUT2D eigenvalue weighted by molar-refractivity contribution is 0.0947. The van der Waals surface area contributed by atoms with Gasteiger partial charge in [0.1, 0.15) is 12.1 Å². The number of nitrogens with two attached hydrogens (primary N) is 1. The van der Waals surface area contributed by atoms with Gasteiger partial charge in [-0.2, -0.15) is 9.78 Å². The van der Waals surface area contributed by atoms with Gasteiger partial charge in [-0.15, -0.1) is 0 Å². The van der Waals surface area contributed by atoms with Gasteiger partial charge in [0, 0.05) is 6.07 Å². The van der Waals surface area contributed by atoms with Crippen molar-refractivity contribution in [1.82, 2.24) is 9.78 Å². The van der Waals surface area contributed by atoms with E-state index in [1.165, 1.54) is 18.7 Å². The number of carbonyl (C=O) groups is 1. The largest absolute Gasteiger partial charge is 0.472 e. The molecule has 2 aromatic heterocycles. The van der Waals surface area contributed by atoms with Gasteiger partial charge in [0.25, 0.3) is 5.91 Å². The van der Waals surface area contributed by atoms with E-state index in [1.54, 1.807) is 12.1 Å². The fourth-order valence-electron chi connectivity index (χ4n) is 0.992. The fourth-order valence-corrected chi connectivity index (χ4v) is 0.992. The molecule has 0 atom stereocenters. The monoisotopic (exact) mass is 177 g/mol. The van der Waals surface area contributed by atoms with Crippen molar-refractivity contribution in [2.45, 2.75) is 0 Å². The summed E-state index contributed by atoms with van der Waals surface area (Å²) in [7, 11) is 0. The van der Waals surface area contributed by atoms with Gasteiger partial charge in [-0.3, -0.25) is 4.79 Å². The maximum atomic E-state index is 11.5. The van der Waals surface area contributed by atoms with E-state index in [2.05, 4.69) is 5.10 Å². The van der Waals surface area contributed by atoms with Gasteiger partial charge in [-0.05, 0) is 6.07 Å². The summed E-state index contributed by atoms with van der Waals surface area (Å²) in [5.41, 5.74) is 5.92. The zero-order chi connectivity index (χ0) is 9.26. The highest BCUT2D eigenvalue weighted by atomic mass is 16.3. The Balaban J connectivity index is 2.39. The van der Waals surface area contributed by atoms with Gasteiger partial charge in [0.05, 0.1) is 18.0 Å². The van der Waals surface area contributed by atoms with Crippen LogP contribution in [0.15, 0.2) is 35.3 Å². The minimum Gasteiger partial charge on any atom is -0.472 e. The lowest BCUT2D eigenvalue weighted by Gasteiger charge is -1.98. The molecule has 2 rings (SSSR count). The maximum Gasteiger partial charge on any atom is 0.283 e. The number of hydrogen-bond donors (Lipinski definition) is 1. The van der Waals surface area contributed by atoms with E-state index in [-0.39, 0.29) is 5.91 Å². The minimum absolute atomic E-state index is 0.295. The summed E-state index contributed by atoms with van der Waals surface area (Å²) in [6, 6.07) is 3.11. The van der Waals surface area contributed by atoms with E-state index in [0.717, 1.165) is 4.68 Å². The molecule has 5 nitrogen and oxygen atoms in total. The highest BCUT2D eigenvalue weighted by molar-refractivity contribution is 5.96. The molecule has 0 spiro atoms. The molecule has 0 fully saturated rings. The first-order chi connectivity index (χ1) is 6.29. The van der Waals surface area contributed by atoms with Crippen molar-refractivity contribution < 1.29 is 9.21 Å². The van der Waals surface area contributed by atoms with Crippen LogP contribution in [0.1, 0.15) is 10.4 Å². The zero-order valence-corrected chi connectivity index (χ0v) is 6.68. The second-order valence-corrected chi connectivity index (χ2v) is 2.49. The predicted molar refractivity (Wildman–Crippen MR) is 45.1 cm³/mol. The summed E-state index contributed by atoms with van der Waals surface area (Å²) >= 11 is 0. The molecule has 5 heteroatoms. The average Bonchev–Trinajstić information content (AvgIpc) is 2.72. The first-order valence-corrected chi connectivity index (χ1v) is 3.65.